The second-order valence-electron chi connectivity index (χ2n) is 15.6. The van der Waals surface area contributed by atoms with Crippen LogP contribution in [0.2, 0.25) is 0 Å². The Morgan fingerprint density at radius 3 is 1.84 bits per heavy atom. The monoisotopic (exact) mass is 723 g/mol. The van der Waals surface area contributed by atoms with Crippen molar-refractivity contribution in [2.45, 2.75) is 208 Å². The van der Waals surface area contributed by atoms with Crippen LogP contribution in [0, 0.1) is 11.8 Å². The molecule has 1 fully saturated rings. The molecule has 1 aliphatic rings. The molecule has 0 radical (unpaired) electrons. The van der Waals surface area contributed by atoms with Gasteiger partial charge in [0.2, 0.25) is 0 Å². The highest BCUT2D eigenvalue weighted by atomic mass is 16.7. The number of ether oxygens (including phenoxy) is 3. The molecule has 1 aliphatic heterocycles. The Kier molecular flexibility index (Phi) is 32.2. The molecular formula is C44H86N2O5. The zero-order valence-electron chi connectivity index (χ0n) is 34.7. The molecule has 0 bridgehead atoms. The van der Waals surface area contributed by atoms with Gasteiger partial charge in [0.05, 0.1) is 12.5 Å². The summed E-state index contributed by atoms with van der Waals surface area (Å²) in [6, 6.07) is 0. The lowest BCUT2D eigenvalue weighted by molar-refractivity contribution is -0.150. The van der Waals surface area contributed by atoms with E-state index in [-0.39, 0.29) is 18.0 Å². The maximum absolute atomic E-state index is 13.6. The highest BCUT2D eigenvalue weighted by Gasteiger charge is 2.23. The predicted molar refractivity (Wildman–Crippen MR) is 215 cm³/mol. The molecule has 0 N–H and O–H groups in total. The Balaban J connectivity index is 2.77. The zero-order valence-corrected chi connectivity index (χ0v) is 34.7. The van der Waals surface area contributed by atoms with E-state index in [1.165, 1.54) is 109 Å². The van der Waals surface area contributed by atoms with Crippen LogP contribution in [0.4, 0.5) is 4.79 Å². The molecule has 0 amide bonds. The first-order valence-electron chi connectivity index (χ1n) is 22.4. The van der Waals surface area contributed by atoms with E-state index in [0.29, 0.717) is 25.7 Å². The molecule has 0 saturated carbocycles. The largest absolute Gasteiger partial charge is 0.508 e. The van der Waals surface area contributed by atoms with Gasteiger partial charge in [-0.2, -0.15) is 0 Å². The van der Waals surface area contributed by atoms with Gasteiger partial charge in [0.25, 0.3) is 0 Å². The summed E-state index contributed by atoms with van der Waals surface area (Å²) in [6.07, 6.45) is 30.1. The van der Waals surface area contributed by atoms with Gasteiger partial charge >= 0.3 is 12.1 Å². The molecule has 51 heavy (non-hydrogen) atoms. The average molecular weight is 723 g/mol. The molecule has 0 aromatic heterocycles. The molecule has 0 aromatic rings. The molecule has 0 spiro atoms. The van der Waals surface area contributed by atoms with Crippen LogP contribution in [0.25, 0.3) is 0 Å². The Morgan fingerprint density at radius 2 is 1.20 bits per heavy atom. The maximum atomic E-state index is 13.6. The molecule has 0 aliphatic carbocycles. The van der Waals surface area contributed by atoms with Crippen LogP contribution in [-0.4, -0.2) is 80.5 Å². The highest BCUT2D eigenvalue weighted by Crippen LogP contribution is 2.23. The van der Waals surface area contributed by atoms with Gasteiger partial charge in [-0.05, 0) is 76.9 Å². The number of esters is 1. The van der Waals surface area contributed by atoms with Crippen LogP contribution in [0.1, 0.15) is 202 Å². The lowest BCUT2D eigenvalue weighted by Crippen LogP contribution is -2.38. The molecule has 7 nitrogen and oxygen atoms in total. The van der Waals surface area contributed by atoms with Gasteiger partial charge in [-0.15, -0.1) is 0 Å². The van der Waals surface area contributed by atoms with E-state index in [4.69, 9.17) is 14.2 Å². The lowest BCUT2D eigenvalue weighted by Gasteiger charge is -2.27. The lowest BCUT2D eigenvalue weighted by atomic mass is 9.95. The Bertz CT molecular complexity index is 795. The van der Waals surface area contributed by atoms with E-state index < -0.39 is 6.16 Å². The van der Waals surface area contributed by atoms with Crippen LogP contribution in [0.3, 0.4) is 0 Å². The minimum Gasteiger partial charge on any atom is -0.465 e. The minimum absolute atomic E-state index is 0.0176. The maximum Gasteiger partial charge on any atom is 0.508 e. The predicted octanol–water partition coefficient (Wildman–Crippen LogP) is 12.1. The van der Waals surface area contributed by atoms with E-state index in [0.717, 1.165) is 90.5 Å². The van der Waals surface area contributed by atoms with Gasteiger partial charge in [0.15, 0.2) is 0 Å². The highest BCUT2D eigenvalue weighted by molar-refractivity contribution is 5.72. The fourth-order valence-corrected chi connectivity index (χ4v) is 7.50. The second-order valence-corrected chi connectivity index (χ2v) is 15.6. The van der Waals surface area contributed by atoms with Gasteiger partial charge in [-0.3, -0.25) is 9.69 Å². The number of carbonyl (C=O) groups is 2. The number of carbonyl (C=O) groups excluding carboxylic acids is 2. The van der Waals surface area contributed by atoms with Gasteiger partial charge < -0.3 is 19.1 Å². The molecular weight excluding hydrogens is 636 g/mol. The van der Waals surface area contributed by atoms with E-state index in [9.17, 15) is 9.59 Å². The van der Waals surface area contributed by atoms with Crippen molar-refractivity contribution in [3.8, 4) is 0 Å². The number of cyclic esters (lactones) is 2. The van der Waals surface area contributed by atoms with Crippen molar-refractivity contribution in [2.24, 2.45) is 11.8 Å². The third-order valence-electron chi connectivity index (χ3n) is 11.2. The van der Waals surface area contributed by atoms with Gasteiger partial charge in [-0.25, -0.2) is 4.79 Å². The SMILES string of the molecule is CCCCCCCCCCC1CCCCCCCCC(C(=O)OCC(CCCC)CCCCCC)CCN(CC)CCN(CC)CCOC(=O)O1. The van der Waals surface area contributed by atoms with Gasteiger partial charge in [0, 0.05) is 19.6 Å². The standard InChI is InChI=1S/C44H86N2O5/c1-6-11-14-16-17-18-22-26-31-42-32-27-23-20-19-21-25-30-41(43(47)50-39-40(28-13-8-3)29-24-15-12-7-2)33-34-45(9-4)35-36-46(10-5)37-38-49-44(48)51-42/h40-42H,6-39H2,1-5H3. The topological polar surface area (TPSA) is 68.3 Å². The second kappa shape index (κ2) is 34.4. The fraction of sp³-hybridized carbons (Fsp3) is 0.955. The van der Waals surface area contributed by atoms with Crippen LogP contribution >= 0.6 is 0 Å². The zero-order chi connectivity index (χ0) is 37.2. The van der Waals surface area contributed by atoms with Crippen molar-refractivity contribution in [3.63, 3.8) is 0 Å². The molecule has 1 rings (SSSR count). The van der Waals surface area contributed by atoms with Crippen molar-refractivity contribution in [1.82, 2.24) is 9.80 Å². The minimum atomic E-state index is -0.497. The molecule has 1 saturated heterocycles. The third-order valence-corrected chi connectivity index (χ3v) is 11.2. The number of rotatable bonds is 22. The molecule has 0 aromatic carbocycles. The molecule has 7 heteroatoms. The first kappa shape index (κ1) is 47.7. The van der Waals surface area contributed by atoms with Crippen molar-refractivity contribution in [1.29, 1.82) is 0 Å². The summed E-state index contributed by atoms with van der Waals surface area (Å²) >= 11 is 0. The van der Waals surface area contributed by atoms with E-state index in [2.05, 4.69) is 44.4 Å². The van der Waals surface area contributed by atoms with E-state index >= 15 is 0 Å². The molecule has 302 valence electrons. The first-order chi connectivity index (χ1) is 25.0. The molecule has 3 unspecified atom stereocenters. The summed E-state index contributed by atoms with van der Waals surface area (Å²) in [5.41, 5.74) is 0. The summed E-state index contributed by atoms with van der Waals surface area (Å²) < 4.78 is 17.6. The Morgan fingerprint density at radius 1 is 0.647 bits per heavy atom. The van der Waals surface area contributed by atoms with E-state index in [1.54, 1.807) is 0 Å². The van der Waals surface area contributed by atoms with Crippen LogP contribution in [-0.2, 0) is 19.0 Å². The van der Waals surface area contributed by atoms with E-state index in [1.807, 2.05) is 0 Å². The Hall–Kier alpha value is -1.34. The Labute approximate surface area is 317 Å². The summed E-state index contributed by atoms with van der Waals surface area (Å²) in [5, 5.41) is 0. The van der Waals surface area contributed by atoms with Crippen LogP contribution in [0.5, 0.6) is 0 Å². The summed E-state index contributed by atoms with van der Waals surface area (Å²) in [7, 11) is 0. The number of unbranched alkanes of at least 4 members (excludes halogenated alkanes) is 11. The number of hydrogen-bond donors (Lipinski definition) is 0. The van der Waals surface area contributed by atoms with Crippen LogP contribution in [0.15, 0.2) is 0 Å². The van der Waals surface area contributed by atoms with Crippen LogP contribution < -0.4 is 0 Å². The molecule has 3 atom stereocenters. The fourth-order valence-electron chi connectivity index (χ4n) is 7.50. The molecule has 1 heterocycles. The number of likely N-dealkylation sites (N-methyl/N-ethyl adjacent to an activating group) is 2. The van der Waals surface area contributed by atoms with Gasteiger partial charge in [-0.1, -0.05) is 150 Å². The van der Waals surface area contributed by atoms with Crippen molar-refractivity contribution >= 4 is 12.1 Å². The smallest absolute Gasteiger partial charge is 0.465 e. The van der Waals surface area contributed by atoms with Crippen molar-refractivity contribution < 1.29 is 23.8 Å². The summed E-state index contributed by atoms with van der Waals surface area (Å²) in [5.74, 6) is 0.522. The normalized spacial score (nSPS) is 20.9. The third kappa shape index (κ3) is 27.0. The van der Waals surface area contributed by atoms with Gasteiger partial charge in [0.1, 0.15) is 12.7 Å². The number of hydrogen-bond acceptors (Lipinski definition) is 7. The van der Waals surface area contributed by atoms with Crippen molar-refractivity contribution in [3.05, 3.63) is 0 Å². The first-order valence-corrected chi connectivity index (χ1v) is 22.4. The average Bonchev–Trinajstić information content (AvgIpc) is 3.13. The summed E-state index contributed by atoms with van der Waals surface area (Å²) in [4.78, 5) is 31.1. The number of nitrogens with zero attached hydrogens (tertiary/aromatic N) is 2. The quantitative estimate of drug-likeness (QED) is 0.0814. The van der Waals surface area contributed by atoms with Crippen molar-refractivity contribution in [2.75, 3.05) is 52.5 Å². The summed E-state index contributed by atoms with van der Waals surface area (Å²) in [6.45, 7) is 17.4.